The predicted octanol–water partition coefficient (Wildman–Crippen LogP) is 2.23. The highest BCUT2D eigenvalue weighted by Crippen LogP contribution is 2.50. The smallest absolute Gasteiger partial charge is 0.119 e. The van der Waals surface area contributed by atoms with Gasteiger partial charge in [-0.2, -0.15) is 0 Å². The molecule has 1 aliphatic heterocycles. The number of β-amino-alcohol motifs (C(OH)–C–C–N with tert-alkyl or cyclic N) is 1. The summed E-state index contributed by atoms with van der Waals surface area (Å²) in [4.78, 5) is 0. The number of hydrogen-bond acceptors (Lipinski definition) is 3. The van der Waals surface area contributed by atoms with Crippen LogP contribution >= 0.6 is 0 Å². The zero-order valence-electron chi connectivity index (χ0n) is 11.6. The first-order valence-corrected chi connectivity index (χ1v) is 7.28. The summed E-state index contributed by atoms with van der Waals surface area (Å²) in [6, 6.07) is 8.29. The molecule has 1 aliphatic carbocycles. The number of piperidine rings is 1. The van der Waals surface area contributed by atoms with Crippen molar-refractivity contribution in [3.8, 4) is 5.75 Å². The van der Waals surface area contributed by atoms with Crippen LogP contribution in [0.25, 0.3) is 0 Å². The summed E-state index contributed by atoms with van der Waals surface area (Å²) in [5.74, 6) is 0.887. The Morgan fingerprint density at radius 1 is 1.21 bits per heavy atom. The number of rotatable bonds is 2. The first-order valence-electron chi connectivity index (χ1n) is 7.28. The highest BCUT2D eigenvalue weighted by atomic mass is 16.5. The van der Waals surface area contributed by atoms with Crippen LogP contribution in [-0.2, 0) is 5.41 Å². The van der Waals surface area contributed by atoms with E-state index in [2.05, 4.69) is 17.4 Å². The third kappa shape index (κ3) is 1.96. The fourth-order valence-corrected chi connectivity index (χ4v) is 4.01. The molecule has 0 unspecified atom stereocenters. The molecular weight excluding hydrogens is 238 g/mol. The highest BCUT2D eigenvalue weighted by Gasteiger charge is 2.53. The lowest BCUT2D eigenvalue weighted by molar-refractivity contribution is -0.0867. The minimum absolute atomic E-state index is 0.0922. The monoisotopic (exact) mass is 261 g/mol. The third-order valence-corrected chi connectivity index (χ3v) is 5.10. The van der Waals surface area contributed by atoms with Crippen LogP contribution < -0.4 is 10.1 Å². The van der Waals surface area contributed by atoms with Gasteiger partial charge in [0.15, 0.2) is 0 Å². The maximum Gasteiger partial charge on any atom is 0.119 e. The third-order valence-electron chi connectivity index (χ3n) is 5.10. The number of fused-ring (bicyclic) bond motifs is 1. The van der Waals surface area contributed by atoms with Gasteiger partial charge in [0.25, 0.3) is 0 Å². The molecule has 3 rings (SSSR count). The van der Waals surface area contributed by atoms with Gasteiger partial charge in [0, 0.05) is 12.0 Å². The second-order valence-corrected chi connectivity index (χ2v) is 5.98. The van der Waals surface area contributed by atoms with Gasteiger partial charge in [0.05, 0.1) is 12.7 Å². The van der Waals surface area contributed by atoms with Crippen molar-refractivity contribution in [2.75, 3.05) is 20.2 Å². The van der Waals surface area contributed by atoms with E-state index in [1.54, 1.807) is 7.11 Å². The number of nitrogens with one attached hydrogen (secondary N) is 1. The lowest BCUT2D eigenvalue weighted by atomic mass is 9.56. The molecular formula is C16H23NO2. The van der Waals surface area contributed by atoms with Gasteiger partial charge in [-0.05, 0) is 43.5 Å². The molecule has 1 saturated carbocycles. The van der Waals surface area contributed by atoms with Gasteiger partial charge < -0.3 is 15.2 Å². The normalized spacial score (nSPS) is 34.6. The van der Waals surface area contributed by atoms with Crippen LogP contribution in [0.3, 0.4) is 0 Å². The van der Waals surface area contributed by atoms with Crippen molar-refractivity contribution in [3.05, 3.63) is 29.8 Å². The largest absolute Gasteiger partial charge is 0.497 e. The molecule has 1 aromatic rings. The molecule has 3 nitrogen and oxygen atoms in total. The molecule has 1 aromatic carbocycles. The van der Waals surface area contributed by atoms with Crippen LogP contribution in [-0.4, -0.2) is 30.9 Å². The van der Waals surface area contributed by atoms with E-state index in [-0.39, 0.29) is 5.41 Å². The molecule has 0 amide bonds. The molecule has 0 radical (unpaired) electrons. The Labute approximate surface area is 115 Å². The van der Waals surface area contributed by atoms with Crippen LogP contribution in [0, 0.1) is 0 Å². The lowest BCUT2D eigenvalue weighted by Crippen LogP contribution is -2.63. The standard InChI is InChI=1S/C16H23NO2/c1-19-14-6-4-5-13(11-14)15-7-2-3-8-16(15,18)12-17-10-9-15/h4-6,11,17-18H,2-3,7-10,12H2,1H3/t15-,16+/m0/s1. The fourth-order valence-electron chi connectivity index (χ4n) is 4.01. The summed E-state index contributed by atoms with van der Waals surface area (Å²) in [5, 5.41) is 14.5. The molecule has 104 valence electrons. The Bertz CT molecular complexity index is 446. The van der Waals surface area contributed by atoms with Crippen LogP contribution in [0.15, 0.2) is 24.3 Å². The van der Waals surface area contributed by atoms with E-state index in [9.17, 15) is 5.11 Å². The molecule has 2 atom stereocenters. The molecule has 2 N–H and O–H groups in total. The minimum Gasteiger partial charge on any atom is -0.497 e. The van der Waals surface area contributed by atoms with Crippen molar-refractivity contribution < 1.29 is 9.84 Å². The molecule has 2 aliphatic rings. The van der Waals surface area contributed by atoms with Crippen molar-refractivity contribution in [2.45, 2.75) is 43.1 Å². The Balaban J connectivity index is 2.06. The molecule has 2 fully saturated rings. The second-order valence-electron chi connectivity index (χ2n) is 5.98. The molecule has 0 aromatic heterocycles. The van der Waals surface area contributed by atoms with Gasteiger partial charge in [-0.3, -0.25) is 0 Å². The number of methoxy groups -OCH3 is 1. The van der Waals surface area contributed by atoms with E-state index in [4.69, 9.17) is 4.74 Å². The van der Waals surface area contributed by atoms with Crippen LogP contribution in [0.4, 0.5) is 0 Å². The summed E-state index contributed by atoms with van der Waals surface area (Å²) in [5.41, 5.74) is 0.552. The Morgan fingerprint density at radius 3 is 2.89 bits per heavy atom. The van der Waals surface area contributed by atoms with Crippen molar-refractivity contribution >= 4 is 0 Å². The number of benzene rings is 1. The van der Waals surface area contributed by atoms with Gasteiger partial charge in [0.2, 0.25) is 0 Å². The lowest BCUT2D eigenvalue weighted by Gasteiger charge is -2.54. The number of ether oxygens (including phenoxy) is 1. The summed E-state index contributed by atoms with van der Waals surface area (Å²) < 4.78 is 5.36. The minimum atomic E-state index is -0.601. The van der Waals surface area contributed by atoms with E-state index < -0.39 is 5.60 Å². The molecule has 3 heteroatoms. The fraction of sp³-hybridized carbons (Fsp3) is 0.625. The molecule has 1 heterocycles. The average Bonchev–Trinajstić information content (AvgIpc) is 2.46. The predicted molar refractivity (Wildman–Crippen MR) is 75.6 cm³/mol. The van der Waals surface area contributed by atoms with Gasteiger partial charge in [-0.15, -0.1) is 0 Å². The summed E-state index contributed by atoms with van der Waals surface area (Å²) in [6.07, 6.45) is 5.33. The zero-order chi connectivity index (χ0) is 13.3. The average molecular weight is 261 g/mol. The summed E-state index contributed by atoms with van der Waals surface area (Å²) >= 11 is 0. The van der Waals surface area contributed by atoms with E-state index in [0.717, 1.165) is 38.0 Å². The topological polar surface area (TPSA) is 41.5 Å². The van der Waals surface area contributed by atoms with E-state index in [1.807, 2.05) is 12.1 Å². The van der Waals surface area contributed by atoms with E-state index >= 15 is 0 Å². The molecule has 0 spiro atoms. The SMILES string of the molecule is COc1cccc([C@@]23CCCC[C@@]2(O)CNCC3)c1. The first kappa shape index (κ1) is 12.9. The van der Waals surface area contributed by atoms with Crippen molar-refractivity contribution in [1.82, 2.24) is 5.32 Å². The van der Waals surface area contributed by atoms with Gasteiger partial charge in [0.1, 0.15) is 5.75 Å². The Kier molecular flexibility index (Phi) is 3.27. The Hall–Kier alpha value is -1.06. The quantitative estimate of drug-likeness (QED) is 0.858. The van der Waals surface area contributed by atoms with E-state index in [1.165, 1.54) is 12.0 Å². The van der Waals surface area contributed by atoms with Crippen molar-refractivity contribution in [3.63, 3.8) is 0 Å². The second kappa shape index (κ2) is 4.80. The number of aliphatic hydroxyl groups is 1. The molecule has 1 saturated heterocycles. The van der Waals surface area contributed by atoms with Crippen LogP contribution in [0.1, 0.15) is 37.7 Å². The van der Waals surface area contributed by atoms with Crippen LogP contribution in [0.2, 0.25) is 0 Å². The van der Waals surface area contributed by atoms with Crippen molar-refractivity contribution in [1.29, 1.82) is 0 Å². The van der Waals surface area contributed by atoms with Gasteiger partial charge >= 0.3 is 0 Å². The first-order chi connectivity index (χ1) is 9.20. The molecule has 19 heavy (non-hydrogen) atoms. The van der Waals surface area contributed by atoms with Crippen LogP contribution in [0.5, 0.6) is 5.75 Å². The van der Waals surface area contributed by atoms with E-state index in [0.29, 0.717) is 6.54 Å². The zero-order valence-corrected chi connectivity index (χ0v) is 11.6. The maximum absolute atomic E-state index is 11.2. The molecule has 0 bridgehead atoms. The van der Waals surface area contributed by atoms with Gasteiger partial charge in [-0.1, -0.05) is 25.0 Å². The van der Waals surface area contributed by atoms with Crippen molar-refractivity contribution in [2.24, 2.45) is 0 Å². The summed E-state index contributed by atoms with van der Waals surface area (Å²) in [6.45, 7) is 1.70. The number of hydrogen-bond donors (Lipinski definition) is 2. The summed E-state index contributed by atoms with van der Waals surface area (Å²) in [7, 11) is 1.70. The van der Waals surface area contributed by atoms with Gasteiger partial charge in [-0.25, -0.2) is 0 Å². The Morgan fingerprint density at radius 2 is 2.05 bits per heavy atom. The highest BCUT2D eigenvalue weighted by molar-refractivity contribution is 5.38. The maximum atomic E-state index is 11.2.